The molecule has 3 N–H and O–H groups in total. The topological polar surface area (TPSA) is 135 Å². The van der Waals surface area contributed by atoms with Crippen LogP contribution in [-0.4, -0.2) is 49.5 Å². The van der Waals surface area contributed by atoms with Crippen molar-refractivity contribution in [3.05, 3.63) is 72.4 Å². The first-order valence-corrected chi connectivity index (χ1v) is 11.3. The number of pyridine rings is 2. The molecule has 0 radical (unpaired) electrons. The summed E-state index contributed by atoms with van der Waals surface area (Å²) in [4.78, 5) is 29.7. The molecule has 3 aromatic heterocycles. The van der Waals surface area contributed by atoms with Gasteiger partial charge in [0, 0.05) is 30.7 Å². The van der Waals surface area contributed by atoms with Crippen LogP contribution in [0, 0.1) is 6.92 Å². The number of carboxylic acid groups (broad SMARTS) is 1. The van der Waals surface area contributed by atoms with Crippen molar-refractivity contribution in [2.75, 3.05) is 17.7 Å². The van der Waals surface area contributed by atoms with Crippen molar-refractivity contribution in [1.82, 2.24) is 25.0 Å². The molecule has 4 rings (SSSR count). The lowest BCUT2D eigenvalue weighted by Crippen LogP contribution is -2.19. The number of carbonyl (C=O) groups is 2. The Labute approximate surface area is 209 Å². The summed E-state index contributed by atoms with van der Waals surface area (Å²) >= 11 is 0. The molecule has 0 saturated carbocycles. The second kappa shape index (κ2) is 12.2. The maximum atomic E-state index is 12.6. The first-order chi connectivity index (χ1) is 17.3. The molecule has 1 aromatic carbocycles. The Morgan fingerprint density at radius 2 is 1.83 bits per heavy atom. The number of anilines is 2. The lowest BCUT2D eigenvalue weighted by molar-refractivity contribution is -0.123. The lowest BCUT2D eigenvalue weighted by atomic mass is 9.98. The minimum Gasteiger partial charge on any atom is -0.483 e. The number of benzene rings is 1. The van der Waals surface area contributed by atoms with Crippen molar-refractivity contribution in [1.29, 1.82) is 0 Å². The quantitative estimate of drug-likeness (QED) is 0.330. The average Bonchev–Trinajstić information content (AvgIpc) is 3.34. The molecule has 3 heterocycles. The molecule has 0 aliphatic heterocycles. The molecule has 0 atom stereocenters. The van der Waals surface area contributed by atoms with Gasteiger partial charge in [0.1, 0.15) is 12.4 Å². The number of rotatable bonds is 7. The molecule has 0 aliphatic carbocycles. The van der Waals surface area contributed by atoms with Gasteiger partial charge in [-0.05, 0) is 53.8 Å². The predicted octanol–water partition coefficient (Wildman–Crippen LogP) is 4.22. The smallest absolute Gasteiger partial charge is 0.290 e. The van der Waals surface area contributed by atoms with Gasteiger partial charge in [-0.25, -0.2) is 9.67 Å². The summed E-state index contributed by atoms with van der Waals surface area (Å²) in [5.74, 6) is 0.892. The second-order valence-corrected chi connectivity index (χ2v) is 8.27. The Morgan fingerprint density at radius 3 is 2.53 bits per heavy atom. The van der Waals surface area contributed by atoms with Gasteiger partial charge in [-0.1, -0.05) is 37.3 Å². The van der Waals surface area contributed by atoms with Gasteiger partial charge in [-0.15, -0.1) is 5.10 Å². The van der Waals surface area contributed by atoms with E-state index in [2.05, 4.69) is 43.0 Å². The van der Waals surface area contributed by atoms with E-state index in [9.17, 15) is 4.79 Å². The Morgan fingerprint density at radius 1 is 1.11 bits per heavy atom. The first kappa shape index (κ1) is 26.0. The maximum absolute atomic E-state index is 12.6. The summed E-state index contributed by atoms with van der Waals surface area (Å²) < 4.78 is 1.55. The molecule has 0 saturated heterocycles. The van der Waals surface area contributed by atoms with Crippen LogP contribution in [0.15, 0.2) is 61.1 Å². The van der Waals surface area contributed by atoms with Gasteiger partial charge < -0.3 is 15.7 Å². The van der Waals surface area contributed by atoms with Crippen LogP contribution in [0.3, 0.4) is 0 Å². The average molecular weight is 488 g/mol. The molecule has 1 amide bonds. The van der Waals surface area contributed by atoms with E-state index in [-0.39, 0.29) is 24.8 Å². The SMILES string of the molecule is CNc1cc(-c2cccc(-c3cc(NC(=O)Cn4cc(C(C)C)nn4)cnc3C)c2)ccn1.O=CO. The fraction of sp³-hybridized carbons (Fsp3) is 0.231. The Kier molecular flexibility index (Phi) is 8.82. The molecule has 0 unspecified atom stereocenters. The molecule has 10 heteroatoms. The standard InChI is InChI=1S/C25H27N7O.CH2O2/c1-16(2)23-14-32(31-30-23)15-25(33)29-21-12-22(17(3)28-13-21)20-7-5-6-18(10-20)19-8-9-27-24(11-19)26-4;2-1-3/h5-14,16H,15H2,1-4H3,(H,26,27)(H,29,33);1H,(H,2,3). The van der Waals surface area contributed by atoms with Crippen LogP contribution in [0.1, 0.15) is 31.2 Å². The third-order valence-electron chi connectivity index (χ3n) is 5.35. The fourth-order valence-corrected chi connectivity index (χ4v) is 3.51. The van der Waals surface area contributed by atoms with Crippen LogP contribution >= 0.6 is 0 Å². The van der Waals surface area contributed by atoms with Gasteiger partial charge >= 0.3 is 0 Å². The number of hydrogen-bond acceptors (Lipinski definition) is 7. The molecule has 0 aliphatic rings. The van der Waals surface area contributed by atoms with Crippen LogP contribution < -0.4 is 10.6 Å². The van der Waals surface area contributed by atoms with E-state index in [1.54, 1.807) is 23.3 Å². The van der Waals surface area contributed by atoms with E-state index in [0.717, 1.165) is 39.5 Å². The number of amides is 1. The van der Waals surface area contributed by atoms with Crippen LogP contribution in [0.5, 0.6) is 0 Å². The monoisotopic (exact) mass is 487 g/mol. The zero-order valence-corrected chi connectivity index (χ0v) is 20.6. The summed E-state index contributed by atoms with van der Waals surface area (Å²) in [6, 6.07) is 14.2. The molecule has 0 spiro atoms. The van der Waals surface area contributed by atoms with Gasteiger partial charge in [0.2, 0.25) is 5.91 Å². The number of nitrogens with zero attached hydrogens (tertiary/aromatic N) is 5. The van der Waals surface area contributed by atoms with Gasteiger partial charge in [-0.2, -0.15) is 0 Å². The van der Waals surface area contributed by atoms with Crippen LogP contribution in [0.2, 0.25) is 0 Å². The summed E-state index contributed by atoms with van der Waals surface area (Å²) in [6.07, 6.45) is 5.26. The van der Waals surface area contributed by atoms with Crippen LogP contribution in [0.25, 0.3) is 22.3 Å². The van der Waals surface area contributed by atoms with E-state index in [0.29, 0.717) is 5.69 Å². The number of carbonyl (C=O) groups excluding carboxylic acids is 1. The number of aromatic nitrogens is 5. The molecule has 36 heavy (non-hydrogen) atoms. The van der Waals surface area contributed by atoms with Crippen molar-refractivity contribution in [3.63, 3.8) is 0 Å². The van der Waals surface area contributed by atoms with Gasteiger partial charge in [-0.3, -0.25) is 14.6 Å². The Hall–Kier alpha value is -4.60. The van der Waals surface area contributed by atoms with Gasteiger partial charge in [0.05, 0.1) is 17.6 Å². The highest BCUT2D eigenvalue weighted by molar-refractivity contribution is 5.91. The lowest BCUT2D eigenvalue weighted by Gasteiger charge is -2.11. The summed E-state index contributed by atoms with van der Waals surface area (Å²) in [6.45, 7) is 5.88. The third-order valence-corrected chi connectivity index (χ3v) is 5.35. The number of nitrogens with one attached hydrogen (secondary N) is 2. The number of aryl methyl sites for hydroxylation is 1. The van der Waals surface area contributed by atoms with E-state index in [1.165, 1.54) is 0 Å². The highest BCUT2D eigenvalue weighted by Crippen LogP contribution is 2.30. The molecule has 10 nitrogen and oxygen atoms in total. The van der Waals surface area contributed by atoms with E-state index in [1.807, 2.05) is 58.2 Å². The van der Waals surface area contributed by atoms with E-state index in [4.69, 9.17) is 9.90 Å². The largest absolute Gasteiger partial charge is 0.483 e. The first-order valence-electron chi connectivity index (χ1n) is 11.3. The van der Waals surface area contributed by atoms with Gasteiger partial charge in [0.25, 0.3) is 6.47 Å². The molecule has 0 fully saturated rings. The van der Waals surface area contributed by atoms with E-state index >= 15 is 0 Å². The zero-order chi connectivity index (χ0) is 26.1. The zero-order valence-electron chi connectivity index (χ0n) is 20.6. The normalized spacial score (nSPS) is 10.4. The molecular formula is C26H29N7O3. The minimum absolute atomic E-state index is 0.0915. The summed E-state index contributed by atoms with van der Waals surface area (Å²) in [5.41, 5.74) is 6.50. The highest BCUT2D eigenvalue weighted by atomic mass is 16.3. The van der Waals surface area contributed by atoms with Crippen molar-refractivity contribution in [3.8, 4) is 22.3 Å². The van der Waals surface area contributed by atoms with Gasteiger partial charge in [0.15, 0.2) is 0 Å². The molecule has 4 aromatic rings. The van der Waals surface area contributed by atoms with Crippen molar-refractivity contribution in [2.45, 2.75) is 33.2 Å². The third kappa shape index (κ3) is 6.72. The minimum atomic E-state index is -0.250. The second-order valence-electron chi connectivity index (χ2n) is 8.27. The van der Waals surface area contributed by atoms with Crippen LogP contribution in [0.4, 0.5) is 11.5 Å². The fourth-order valence-electron chi connectivity index (χ4n) is 3.51. The van der Waals surface area contributed by atoms with Crippen molar-refractivity contribution >= 4 is 23.9 Å². The highest BCUT2D eigenvalue weighted by Gasteiger charge is 2.11. The van der Waals surface area contributed by atoms with Crippen molar-refractivity contribution in [2.24, 2.45) is 0 Å². The van der Waals surface area contributed by atoms with Crippen LogP contribution in [-0.2, 0) is 16.1 Å². The molecule has 0 bridgehead atoms. The summed E-state index contributed by atoms with van der Waals surface area (Å²) in [5, 5.41) is 21.0. The molecular weight excluding hydrogens is 458 g/mol. The summed E-state index contributed by atoms with van der Waals surface area (Å²) in [7, 11) is 1.85. The number of hydrogen-bond donors (Lipinski definition) is 3. The van der Waals surface area contributed by atoms with E-state index < -0.39 is 0 Å². The Bertz CT molecular complexity index is 1330. The predicted molar refractivity (Wildman–Crippen MR) is 139 cm³/mol. The Balaban J connectivity index is 0.00000115. The molecule has 186 valence electrons. The maximum Gasteiger partial charge on any atom is 0.290 e. The van der Waals surface area contributed by atoms with Crippen molar-refractivity contribution < 1.29 is 14.7 Å².